The average molecular weight is 378 g/mol. The molecule has 5 nitrogen and oxygen atoms in total. The summed E-state index contributed by atoms with van der Waals surface area (Å²) in [5, 5.41) is 22.2. The summed E-state index contributed by atoms with van der Waals surface area (Å²) < 4.78 is 6.20. The molecule has 2 aromatic rings. The van der Waals surface area contributed by atoms with E-state index in [2.05, 4.69) is 31.4 Å². The molecule has 0 spiro atoms. The zero-order chi connectivity index (χ0) is 16.2. The summed E-state index contributed by atoms with van der Waals surface area (Å²) in [4.78, 5) is 0. The molecular weight excluding hydrogens is 358 g/mol. The average Bonchev–Trinajstić information content (AvgIpc) is 2.54. The molecule has 0 unspecified atom stereocenters. The van der Waals surface area contributed by atoms with E-state index in [1.807, 2.05) is 25.1 Å². The molecule has 1 aliphatic heterocycles. The number of aromatic hydroxyl groups is 1. The van der Waals surface area contributed by atoms with Gasteiger partial charge in [0.2, 0.25) is 0 Å². The van der Waals surface area contributed by atoms with Gasteiger partial charge in [0, 0.05) is 35.8 Å². The number of aryl methyl sites for hydroxylation is 1. The third kappa shape index (κ3) is 4.07. The monoisotopic (exact) mass is 377 g/mol. The third-order valence-corrected chi connectivity index (χ3v) is 4.51. The highest BCUT2D eigenvalue weighted by molar-refractivity contribution is 9.10. The molecule has 23 heavy (non-hydrogen) atoms. The van der Waals surface area contributed by atoms with Gasteiger partial charge in [0.1, 0.15) is 5.75 Å². The first-order chi connectivity index (χ1) is 11.1. The Balaban J connectivity index is 1.69. The van der Waals surface area contributed by atoms with Crippen LogP contribution in [-0.2, 0) is 11.3 Å². The Bertz CT molecular complexity index is 647. The SMILES string of the molecule is Cc1cc(Br)cc(O)c1-c1ccc(CNC2CCOCC2)nn1. The van der Waals surface area contributed by atoms with Crippen LogP contribution in [0.5, 0.6) is 5.75 Å². The number of halogens is 1. The minimum Gasteiger partial charge on any atom is -0.507 e. The highest BCUT2D eigenvalue weighted by atomic mass is 79.9. The van der Waals surface area contributed by atoms with Crippen LogP contribution in [0.4, 0.5) is 0 Å². The molecule has 6 heteroatoms. The van der Waals surface area contributed by atoms with Crippen LogP contribution < -0.4 is 5.32 Å². The van der Waals surface area contributed by atoms with Crippen molar-refractivity contribution in [3.63, 3.8) is 0 Å². The lowest BCUT2D eigenvalue weighted by Gasteiger charge is -2.22. The van der Waals surface area contributed by atoms with Gasteiger partial charge in [0.05, 0.1) is 11.4 Å². The Morgan fingerprint density at radius 3 is 2.70 bits per heavy atom. The van der Waals surface area contributed by atoms with E-state index in [-0.39, 0.29) is 5.75 Å². The molecule has 1 saturated heterocycles. The van der Waals surface area contributed by atoms with E-state index in [1.165, 1.54) is 0 Å². The predicted octanol–water partition coefficient (Wildman–Crippen LogP) is 3.19. The number of hydrogen-bond donors (Lipinski definition) is 2. The number of nitrogens with zero attached hydrogens (tertiary/aromatic N) is 2. The maximum absolute atomic E-state index is 10.1. The van der Waals surface area contributed by atoms with E-state index in [9.17, 15) is 5.11 Å². The molecule has 1 aliphatic rings. The predicted molar refractivity (Wildman–Crippen MR) is 92.3 cm³/mol. The molecule has 2 N–H and O–H groups in total. The number of benzene rings is 1. The number of ether oxygens (including phenoxy) is 1. The summed E-state index contributed by atoms with van der Waals surface area (Å²) in [5.74, 6) is 0.208. The van der Waals surface area contributed by atoms with Crippen LogP contribution in [0.1, 0.15) is 24.1 Å². The Kier molecular flexibility index (Phi) is 5.25. The number of rotatable bonds is 4. The minimum atomic E-state index is 0.208. The van der Waals surface area contributed by atoms with Gasteiger partial charge in [-0.05, 0) is 49.6 Å². The topological polar surface area (TPSA) is 67.3 Å². The van der Waals surface area contributed by atoms with Gasteiger partial charge in [-0.15, -0.1) is 0 Å². The zero-order valence-corrected chi connectivity index (χ0v) is 14.6. The van der Waals surface area contributed by atoms with Gasteiger partial charge in [0.15, 0.2) is 0 Å². The van der Waals surface area contributed by atoms with Crippen LogP contribution in [0.2, 0.25) is 0 Å². The van der Waals surface area contributed by atoms with Gasteiger partial charge in [-0.2, -0.15) is 10.2 Å². The second kappa shape index (κ2) is 7.38. The number of phenolic OH excluding ortho intramolecular Hbond substituents is 1. The summed E-state index contributed by atoms with van der Waals surface area (Å²) in [6.07, 6.45) is 2.08. The Morgan fingerprint density at radius 1 is 1.26 bits per heavy atom. The first-order valence-electron chi connectivity index (χ1n) is 7.76. The molecule has 0 atom stereocenters. The van der Waals surface area contributed by atoms with E-state index in [4.69, 9.17) is 4.74 Å². The lowest BCUT2D eigenvalue weighted by Crippen LogP contribution is -2.34. The second-order valence-electron chi connectivity index (χ2n) is 5.79. The smallest absolute Gasteiger partial charge is 0.126 e. The highest BCUT2D eigenvalue weighted by Gasteiger charge is 2.14. The molecule has 3 rings (SSSR count). The molecule has 1 fully saturated rings. The standard InChI is InChI=1S/C17H20BrN3O2/c1-11-8-12(18)9-16(22)17(11)15-3-2-14(20-21-15)10-19-13-4-6-23-7-5-13/h2-3,8-9,13,19,22H,4-7,10H2,1H3. The molecule has 0 bridgehead atoms. The van der Waals surface area contributed by atoms with E-state index in [0.29, 0.717) is 18.3 Å². The largest absolute Gasteiger partial charge is 0.507 e. The van der Waals surface area contributed by atoms with Crippen molar-refractivity contribution in [1.29, 1.82) is 0 Å². The minimum absolute atomic E-state index is 0.208. The van der Waals surface area contributed by atoms with E-state index in [0.717, 1.165) is 47.3 Å². The van der Waals surface area contributed by atoms with Crippen LogP contribution in [-0.4, -0.2) is 34.6 Å². The number of phenols is 1. The van der Waals surface area contributed by atoms with Crippen molar-refractivity contribution in [2.75, 3.05) is 13.2 Å². The van der Waals surface area contributed by atoms with Crippen molar-refractivity contribution in [3.8, 4) is 17.0 Å². The summed E-state index contributed by atoms with van der Waals surface area (Å²) in [6, 6.07) is 7.98. The van der Waals surface area contributed by atoms with Crippen molar-refractivity contribution >= 4 is 15.9 Å². The number of hydrogen-bond acceptors (Lipinski definition) is 5. The van der Waals surface area contributed by atoms with Gasteiger partial charge in [-0.25, -0.2) is 0 Å². The summed E-state index contributed by atoms with van der Waals surface area (Å²) >= 11 is 3.38. The number of aromatic nitrogens is 2. The maximum Gasteiger partial charge on any atom is 0.126 e. The molecule has 0 aliphatic carbocycles. The van der Waals surface area contributed by atoms with Crippen molar-refractivity contribution < 1.29 is 9.84 Å². The normalized spacial score (nSPS) is 15.7. The Morgan fingerprint density at radius 2 is 2.04 bits per heavy atom. The molecule has 2 heterocycles. The summed E-state index contributed by atoms with van der Waals surface area (Å²) in [6.45, 7) is 4.29. The first-order valence-corrected chi connectivity index (χ1v) is 8.56. The van der Waals surface area contributed by atoms with Crippen molar-refractivity contribution in [2.45, 2.75) is 32.4 Å². The molecule has 1 aromatic heterocycles. The summed E-state index contributed by atoms with van der Waals surface area (Å²) in [7, 11) is 0. The maximum atomic E-state index is 10.1. The van der Waals surface area contributed by atoms with Crippen LogP contribution in [0, 0.1) is 6.92 Å². The van der Waals surface area contributed by atoms with Crippen LogP contribution in [0.3, 0.4) is 0 Å². The zero-order valence-electron chi connectivity index (χ0n) is 13.1. The van der Waals surface area contributed by atoms with Gasteiger partial charge >= 0.3 is 0 Å². The van der Waals surface area contributed by atoms with Crippen molar-refractivity contribution in [3.05, 3.63) is 40.0 Å². The fraction of sp³-hybridized carbons (Fsp3) is 0.412. The Labute approximate surface area is 144 Å². The van der Waals surface area contributed by atoms with Crippen LogP contribution >= 0.6 is 15.9 Å². The molecule has 0 radical (unpaired) electrons. The third-order valence-electron chi connectivity index (χ3n) is 4.05. The fourth-order valence-electron chi connectivity index (χ4n) is 2.80. The van der Waals surface area contributed by atoms with Gasteiger partial charge in [-0.3, -0.25) is 0 Å². The molecule has 122 valence electrons. The summed E-state index contributed by atoms with van der Waals surface area (Å²) in [5.41, 5.74) is 3.26. The van der Waals surface area contributed by atoms with Gasteiger partial charge in [0.25, 0.3) is 0 Å². The molecule has 0 saturated carbocycles. The lowest BCUT2D eigenvalue weighted by molar-refractivity contribution is 0.0775. The van der Waals surface area contributed by atoms with Crippen LogP contribution in [0.15, 0.2) is 28.7 Å². The first kappa shape index (κ1) is 16.4. The molecule has 1 aromatic carbocycles. The van der Waals surface area contributed by atoms with Crippen molar-refractivity contribution in [1.82, 2.24) is 15.5 Å². The second-order valence-corrected chi connectivity index (χ2v) is 6.71. The van der Waals surface area contributed by atoms with Crippen LogP contribution in [0.25, 0.3) is 11.3 Å². The molecular formula is C17H20BrN3O2. The Hall–Kier alpha value is -1.50. The van der Waals surface area contributed by atoms with Gasteiger partial charge in [-0.1, -0.05) is 15.9 Å². The van der Waals surface area contributed by atoms with Gasteiger partial charge < -0.3 is 15.2 Å². The van der Waals surface area contributed by atoms with E-state index < -0.39 is 0 Å². The lowest BCUT2D eigenvalue weighted by atomic mass is 10.0. The highest BCUT2D eigenvalue weighted by Crippen LogP contribution is 2.33. The van der Waals surface area contributed by atoms with E-state index >= 15 is 0 Å². The van der Waals surface area contributed by atoms with Crippen molar-refractivity contribution in [2.24, 2.45) is 0 Å². The molecule has 0 amide bonds. The van der Waals surface area contributed by atoms with E-state index in [1.54, 1.807) is 6.07 Å². The quantitative estimate of drug-likeness (QED) is 0.856. The fourth-order valence-corrected chi connectivity index (χ4v) is 3.36. The number of nitrogens with one attached hydrogen (secondary N) is 1.